The Labute approximate surface area is 133 Å². The minimum Gasteiger partial charge on any atom is -0.327 e. The van der Waals surface area contributed by atoms with Crippen molar-refractivity contribution in [3.63, 3.8) is 0 Å². The molecule has 1 aliphatic carbocycles. The van der Waals surface area contributed by atoms with Crippen LogP contribution in [0.3, 0.4) is 0 Å². The first-order chi connectivity index (χ1) is 10.5. The third-order valence-corrected chi connectivity index (χ3v) is 5.22. The number of anilines is 1. The number of hydrogen-bond donors (Lipinski definition) is 2. The number of nitrogens with two attached hydrogens (primary N) is 1. The molecule has 1 saturated heterocycles. The van der Waals surface area contributed by atoms with E-state index in [9.17, 15) is 4.79 Å². The Morgan fingerprint density at radius 3 is 2.64 bits per heavy atom. The van der Waals surface area contributed by atoms with Crippen LogP contribution < -0.4 is 11.1 Å². The third-order valence-electron chi connectivity index (χ3n) is 5.22. The van der Waals surface area contributed by atoms with Gasteiger partial charge in [-0.05, 0) is 48.3 Å². The molecule has 3 unspecified atom stereocenters. The highest BCUT2D eigenvalue weighted by Crippen LogP contribution is 2.36. The first-order valence-electron chi connectivity index (χ1n) is 8.40. The number of carbonyl (C=O) groups is 1. The summed E-state index contributed by atoms with van der Waals surface area (Å²) >= 11 is 0. The van der Waals surface area contributed by atoms with Crippen LogP contribution in [0.5, 0.6) is 0 Å². The summed E-state index contributed by atoms with van der Waals surface area (Å²) in [5.41, 5.74) is 8.32. The van der Waals surface area contributed by atoms with Crippen molar-refractivity contribution in [3.05, 3.63) is 29.8 Å². The molecule has 3 N–H and O–H groups in total. The normalized spacial score (nSPS) is 28.1. The monoisotopic (exact) mass is 301 g/mol. The van der Waals surface area contributed by atoms with Crippen LogP contribution >= 0.6 is 0 Å². The van der Waals surface area contributed by atoms with Gasteiger partial charge in [-0.25, -0.2) is 0 Å². The average molecular weight is 301 g/mol. The summed E-state index contributed by atoms with van der Waals surface area (Å²) in [7, 11) is 0. The van der Waals surface area contributed by atoms with Gasteiger partial charge < -0.3 is 11.1 Å². The Hall–Kier alpha value is -1.39. The Morgan fingerprint density at radius 2 is 2.00 bits per heavy atom. The molecule has 1 aromatic rings. The lowest BCUT2D eigenvalue weighted by Gasteiger charge is -2.18. The van der Waals surface area contributed by atoms with E-state index in [1.807, 2.05) is 12.1 Å². The molecule has 22 heavy (non-hydrogen) atoms. The largest absolute Gasteiger partial charge is 0.327 e. The van der Waals surface area contributed by atoms with Gasteiger partial charge >= 0.3 is 0 Å². The highest BCUT2D eigenvalue weighted by atomic mass is 16.2. The lowest BCUT2D eigenvalue weighted by atomic mass is 9.98. The van der Waals surface area contributed by atoms with Crippen LogP contribution in [0.25, 0.3) is 0 Å². The number of carbonyl (C=O) groups excluding carboxylic acids is 1. The molecule has 120 valence electrons. The highest BCUT2D eigenvalue weighted by molar-refractivity contribution is 5.92. The Balaban J connectivity index is 1.51. The van der Waals surface area contributed by atoms with Crippen molar-refractivity contribution in [2.75, 3.05) is 25.0 Å². The van der Waals surface area contributed by atoms with Crippen LogP contribution in [-0.4, -0.2) is 36.5 Å². The topological polar surface area (TPSA) is 58.4 Å². The molecule has 1 aliphatic heterocycles. The zero-order chi connectivity index (χ0) is 15.7. The fraction of sp³-hybridized carbons (Fsp3) is 0.611. The molecule has 3 rings (SSSR count). The van der Waals surface area contributed by atoms with Crippen molar-refractivity contribution in [2.24, 2.45) is 17.6 Å². The number of fused-ring (bicyclic) bond motifs is 1. The van der Waals surface area contributed by atoms with Crippen LogP contribution in [-0.2, 0) is 4.79 Å². The van der Waals surface area contributed by atoms with Crippen molar-refractivity contribution in [1.29, 1.82) is 0 Å². The Bertz CT molecular complexity index is 526. The molecular weight excluding hydrogens is 274 g/mol. The maximum atomic E-state index is 12.2. The van der Waals surface area contributed by atoms with E-state index in [4.69, 9.17) is 5.73 Å². The molecule has 3 atom stereocenters. The molecule has 2 aliphatic rings. The zero-order valence-electron chi connectivity index (χ0n) is 13.6. The summed E-state index contributed by atoms with van der Waals surface area (Å²) < 4.78 is 0. The molecule has 1 aromatic carbocycles. The molecule has 1 saturated carbocycles. The molecule has 4 heteroatoms. The van der Waals surface area contributed by atoms with Crippen molar-refractivity contribution < 1.29 is 4.79 Å². The molecule has 0 bridgehead atoms. The maximum absolute atomic E-state index is 12.2. The van der Waals surface area contributed by atoms with E-state index in [0.29, 0.717) is 30.3 Å². The second-order valence-electron chi connectivity index (χ2n) is 7.18. The number of nitrogens with one attached hydrogen (secondary N) is 1. The number of rotatable bonds is 4. The summed E-state index contributed by atoms with van der Waals surface area (Å²) in [4.78, 5) is 14.5. The number of benzene rings is 1. The first-order valence-corrected chi connectivity index (χ1v) is 8.40. The van der Waals surface area contributed by atoms with Gasteiger partial charge in [0.25, 0.3) is 0 Å². The second-order valence-corrected chi connectivity index (χ2v) is 7.18. The van der Waals surface area contributed by atoms with Gasteiger partial charge in [-0.2, -0.15) is 0 Å². The van der Waals surface area contributed by atoms with E-state index in [1.54, 1.807) is 0 Å². The average Bonchev–Trinajstić information content (AvgIpc) is 3.01. The molecule has 1 amide bonds. The van der Waals surface area contributed by atoms with Crippen molar-refractivity contribution in [2.45, 2.75) is 38.6 Å². The van der Waals surface area contributed by atoms with Crippen LogP contribution in [0.15, 0.2) is 24.3 Å². The summed E-state index contributed by atoms with van der Waals surface area (Å²) in [6.07, 6.45) is 2.37. The van der Waals surface area contributed by atoms with E-state index in [0.717, 1.165) is 25.2 Å². The smallest absolute Gasteiger partial charge is 0.238 e. The van der Waals surface area contributed by atoms with Gasteiger partial charge in [0.15, 0.2) is 0 Å². The van der Waals surface area contributed by atoms with E-state index in [1.165, 1.54) is 12.0 Å². The lowest BCUT2D eigenvalue weighted by molar-refractivity contribution is -0.117. The molecule has 0 aromatic heterocycles. The van der Waals surface area contributed by atoms with Crippen molar-refractivity contribution in [1.82, 2.24) is 4.90 Å². The van der Waals surface area contributed by atoms with Gasteiger partial charge in [0, 0.05) is 24.8 Å². The maximum Gasteiger partial charge on any atom is 0.238 e. The molecular formula is C18H27N3O. The predicted molar refractivity (Wildman–Crippen MR) is 89.8 cm³/mol. The molecule has 0 radical (unpaired) electrons. The van der Waals surface area contributed by atoms with Gasteiger partial charge in [-0.3, -0.25) is 9.69 Å². The summed E-state index contributed by atoms with van der Waals surface area (Å²) in [6, 6.07) is 8.48. The van der Waals surface area contributed by atoms with Gasteiger partial charge in [0.05, 0.1) is 6.54 Å². The van der Waals surface area contributed by atoms with Crippen molar-refractivity contribution >= 4 is 11.6 Å². The third kappa shape index (κ3) is 3.33. The van der Waals surface area contributed by atoms with Crippen molar-refractivity contribution in [3.8, 4) is 0 Å². The van der Waals surface area contributed by atoms with Crippen LogP contribution in [0.1, 0.15) is 38.2 Å². The van der Waals surface area contributed by atoms with E-state index in [2.05, 4.69) is 36.2 Å². The second kappa shape index (κ2) is 6.39. The summed E-state index contributed by atoms with van der Waals surface area (Å²) in [5, 5.41) is 3.00. The number of amides is 1. The fourth-order valence-electron chi connectivity index (χ4n) is 3.88. The lowest BCUT2D eigenvalue weighted by Crippen LogP contribution is -2.34. The minimum atomic E-state index is 0.0749. The standard InChI is InChI=1S/C18H27N3O/c1-12(2)13-3-6-15(7-4-13)20-18(22)11-21-9-14-5-8-17(19)16(14)10-21/h3-4,6-7,12,14,16-17H,5,8-11,19H2,1-2H3,(H,20,22). The molecule has 1 heterocycles. The van der Waals surface area contributed by atoms with Gasteiger partial charge in [0.2, 0.25) is 5.91 Å². The van der Waals surface area contributed by atoms with Gasteiger partial charge in [-0.15, -0.1) is 0 Å². The van der Waals surface area contributed by atoms with E-state index in [-0.39, 0.29) is 5.91 Å². The fourth-order valence-corrected chi connectivity index (χ4v) is 3.88. The highest BCUT2D eigenvalue weighted by Gasteiger charge is 2.41. The predicted octanol–water partition coefficient (Wildman–Crippen LogP) is 2.42. The van der Waals surface area contributed by atoms with Crippen LogP contribution in [0.2, 0.25) is 0 Å². The van der Waals surface area contributed by atoms with Gasteiger partial charge in [-0.1, -0.05) is 26.0 Å². The number of nitrogens with zero attached hydrogens (tertiary/aromatic N) is 1. The van der Waals surface area contributed by atoms with E-state index < -0.39 is 0 Å². The SMILES string of the molecule is CC(C)c1ccc(NC(=O)CN2CC3CCC(N)C3C2)cc1. The van der Waals surface area contributed by atoms with Crippen LogP contribution in [0.4, 0.5) is 5.69 Å². The molecule has 2 fully saturated rings. The van der Waals surface area contributed by atoms with E-state index >= 15 is 0 Å². The minimum absolute atomic E-state index is 0.0749. The number of likely N-dealkylation sites (tertiary alicyclic amines) is 1. The number of hydrogen-bond acceptors (Lipinski definition) is 3. The summed E-state index contributed by atoms with van der Waals surface area (Å²) in [5.74, 6) is 1.88. The Morgan fingerprint density at radius 1 is 1.27 bits per heavy atom. The van der Waals surface area contributed by atoms with Gasteiger partial charge in [0.1, 0.15) is 0 Å². The first kappa shape index (κ1) is 15.5. The van der Waals surface area contributed by atoms with Crippen LogP contribution in [0, 0.1) is 11.8 Å². The molecule has 4 nitrogen and oxygen atoms in total. The molecule has 0 spiro atoms. The summed E-state index contributed by atoms with van der Waals surface area (Å²) in [6.45, 7) is 6.82. The zero-order valence-corrected chi connectivity index (χ0v) is 13.6. The Kier molecular flexibility index (Phi) is 4.50. The quantitative estimate of drug-likeness (QED) is 0.898.